The van der Waals surface area contributed by atoms with Gasteiger partial charge in [-0.05, 0) is 25.7 Å². The summed E-state index contributed by atoms with van der Waals surface area (Å²) in [7, 11) is 0. The molecule has 0 spiro atoms. The van der Waals surface area contributed by atoms with Crippen LogP contribution < -0.4 is 21.7 Å². The Kier molecular flexibility index (Phi) is 10.7. The lowest BCUT2D eigenvalue weighted by atomic mass is 10.0. The van der Waals surface area contributed by atoms with E-state index in [2.05, 4.69) is 16.0 Å². The van der Waals surface area contributed by atoms with Gasteiger partial charge in [-0.1, -0.05) is 13.8 Å². The van der Waals surface area contributed by atoms with Gasteiger partial charge in [0.15, 0.2) is 0 Å². The van der Waals surface area contributed by atoms with E-state index in [4.69, 9.17) is 15.9 Å². The summed E-state index contributed by atoms with van der Waals surface area (Å²) in [5.41, 5.74) is 5.72. The van der Waals surface area contributed by atoms with Crippen LogP contribution in [0.4, 0.5) is 0 Å². The summed E-state index contributed by atoms with van der Waals surface area (Å²) in [6.07, 6.45) is -0.261. The van der Waals surface area contributed by atoms with Crippen molar-refractivity contribution in [2.45, 2.75) is 58.2 Å². The fourth-order valence-corrected chi connectivity index (χ4v) is 2.09. The SMILES string of the molecule is CC(C)C[C@H](N)C(=O)N[C@@H](C)C(=O)NCC(=O)N[C@@H](CCC(=O)O)C(=O)O. The highest BCUT2D eigenvalue weighted by Gasteiger charge is 2.23. The van der Waals surface area contributed by atoms with Crippen LogP contribution >= 0.6 is 0 Å². The monoisotopic (exact) mass is 388 g/mol. The average Bonchev–Trinajstić information content (AvgIpc) is 2.54. The Morgan fingerprint density at radius 3 is 2.04 bits per heavy atom. The Hall–Kier alpha value is -2.69. The van der Waals surface area contributed by atoms with E-state index in [9.17, 15) is 24.0 Å². The zero-order valence-electron chi connectivity index (χ0n) is 15.7. The second-order valence-corrected chi connectivity index (χ2v) is 6.57. The molecule has 0 rings (SSSR count). The average molecular weight is 388 g/mol. The summed E-state index contributed by atoms with van der Waals surface area (Å²) < 4.78 is 0. The van der Waals surface area contributed by atoms with Crippen molar-refractivity contribution in [2.24, 2.45) is 11.7 Å². The third-order valence-corrected chi connectivity index (χ3v) is 3.52. The summed E-state index contributed by atoms with van der Waals surface area (Å²) in [6.45, 7) is 4.71. The number of carboxylic acids is 2. The van der Waals surface area contributed by atoms with Crippen molar-refractivity contribution < 1.29 is 34.2 Å². The van der Waals surface area contributed by atoms with Crippen molar-refractivity contribution in [1.29, 1.82) is 0 Å². The number of carboxylic acid groups (broad SMARTS) is 2. The molecule has 0 saturated heterocycles. The first-order valence-electron chi connectivity index (χ1n) is 8.51. The second kappa shape index (κ2) is 11.8. The molecule has 0 aromatic carbocycles. The van der Waals surface area contributed by atoms with Gasteiger partial charge in [0, 0.05) is 6.42 Å². The van der Waals surface area contributed by atoms with Crippen LogP contribution in [0.15, 0.2) is 0 Å². The quantitative estimate of drug-likeness (QED) is 0.231. The van der Waals surface area contributed by atoms with Crippen LogP contribution in [-0.4, -0.2) is 64.5 Å². The fraction of sp³-hybridized carbons (Fsp3) is 0.688. The van der Waals surface area contributed by atoms with E-state index in [1.165, 1.54) is 6.92 Å². The van der Waals surface area contributed by atoms with Crippen LogP contribution in [0.25, 0.3) is 0 Å². The molecule has 0 aromatic heterocycles. The smallest absolute Gasteiger partial charge is 0.326 e. The van der Waals surface area contributed by atoms with E-state index in [1.54, 1.807) is 0 Å². The zero-order chi connectivity index (χ0) is 21.1. The topological polar surface area (TPSA) is 188 Å². The Morgan fingerprint density at radius 2 is 1.56 bits per heavy atom. The van der Waals surface area contributed by atoms with Crippen LogP contribution in [0.2, 0.25) is 0 Å². The second-order valence-electron chi connectivity index (χ2n) is 6.57. The lowest BCUT2D eigenvalue weighted by molar-refractivity contribution is -0.143. The van der Waals surface area contributed by atoms with Gasteiger partial charge in [0.2, 0.25) is 17.7 Å². The van der Waals surface area contributed by atoms with E-state index in [1.807, 2.05) is 13.8 Å². The lowest BCUT2D eigenvalue weighted by Gasteiger charge is -2.19. The molecule has 0 aromatic rings. The van der Waals surface area contributed by atoms with Crippen LogP contribution in [0.1, 0.15) is 40.0 Å². The molecule has 0 aliphatic rings. The summed E-state index contributed by atoms with van der Waals surface area (Å²) in [5.74, 6) is -4.29. The number of aliphatic carboxylic acids is 2. The Bertz CT molecular complexity index is 565. The molecule has 3 atom stereocenters. The minimum atomic E-state index is -1.38. The minimum absolute atomic E-state index is 0.210. The molecular formula is C16H28N4O7. The Balaban J connectivity index is 4.41. The summed E-state index contributed by atoms with van der Waals surface area (Å²) in [5, 5.41) is 24.3. The molecule has 7 N–H and O–H groups in total. The molecule has 11 heteroatoms. The lowest BCUT2D eigenvalue weighted by Crippen LogP contribution is -2.52. The standard InChI is InChI=1S/C16H28N4O7/c1-8(2)6-10(17)15(25)19-9(3)14(24)18-7-12(21)20-11(16(26)27)4-5-13(22)23/h8-11H,4-7,17H2,1-3H3,(H,18,24)(H,19,25)(H,20,21)(H,22,23)(H,26,27)/t9-,10-,11-/m0/s1. The maximum absolute atomic E-state index is 11.9. The predicted octanol–water partition coefficient (Wildman–Crippen LogP) is -1.59. The zero-order valence-corrected chi connectivity index (χ0v) is 15.7. The van der Waals surface area contributed by atoms with Gasteiger partial charge in [0.25, 0.3) is 0 Å². The molecule has 0 saturated carbocycles. The van der Waals surface area contributed by atoms with Crippen LogP contribution in [-0.2, 0) is 24.0 Å². The molecule has 0 aliphatic heterocycles. The van der Waals surface area contributed by atoms with E-state index >= 15 is 0 Å². The van der Waals surface area contributed by atoms with Crippen molar-refractivity contribution in [3.63, 3.8) is 0 Å². The molecule has 0 bridgehead atoms. The third kappa shape index (κ3) is 10.8. The fourth-order valence-electron chi connectivity index (χ4n) is 2.09. The summed E-state index contributed by atoms with van der Waals surface area (Å²) >= 11 is 0. The molecule has 0 heterocycles. The van der Waals surface area contributed by atoms with E-state index in [-0.39, 0.29) is 12.3 Å². The molecule has 0 fully saturated rings. The molecule has 3 amide bonds. The van der Waals surface area contributed by atoms with Crippen molar-refractivity contribution in [3.8, 4) is 0 Å². The number of hydrogen-bond acceptors (Lipinski definition) is 6. The molecule has 0 unspecified atom stereocenters. The van der Waals surface area contributed by atoms with Gasteiger partial charge in [0.1, 0.15) is 12.1 Å². The molecule has 154 valence electrons. The number of hydrogen-bond donors (Lipinski definition) is 6. The van der Waals surface area contributed by atoms with Crippen LogP contribution in [0, 0.1) is 5.92 Å². The van der Waals surface area contributed by atoms with Gasteiger partial charge in [-0.2, -0.15) is 0 Å². The summed E-state index contributed by atoms with van der Waals surface area (Å²) in [4.78, 5) is 57.0. The summed E-state index contributed by atoms with van der Waals surface area (Å²) in [6, 6.07) is -3.07. The van der Waals surface area contributed by atoms with Crippen molar-refractivity contribution >= 4 is 29.7 Å². The van der Waals surface area contributed by atoms with Crippen molar-refractivity contribution in [2.75, 3.05) is 6.54 Å². The first-order valence-corrected chi connectivity index (χ1v) is 8.51. The molecule has 27 heavy (non-hydrogen) atoms. The highest BCUT2D eigenvalue weighted by Crippen LogP contribution is 2.03. The Morgan fingerprint density at radius 1 is 0.963 bits per heavy atom. The number of amides is 3. The number of rotatable bonds is 12. The number of nitrogens with one attached hydrogen (secondary N) is 3. The highest BCUT2D eigenvalue weighted by atomic mass is 16.4. The van der Waals surface area contributed by atoms with Crippen LogP contribution in [0.3, 0.4) is 0 Å². The predicted molar refractivity (Wildman–Crippen MR) is 94.5 cm³/mol. The van der Waals surface area contributed by atoms with Gasteiger partial charge in [0.05, 0.1) is 12.6 Å². The van der Waals surface area contributed by atoms with Crippen LogP contribution in [0.5, 0.6) is 0 Å². The maximum Gasteiger partial charge on any atom is 0.326 e. The van der Waals surface area contributed by atoms with E-state index in [0.29, 0.717) is 6.42 Å². The maximum atomic E-state index is 11.9. The molecular weight excluding hydrogens is 360 g/mol. The number of carbonyl (C=O) groups is 5. The van der Waals surface area contributed by atoms with Gasteiger partial charge < -0.3 is 31.9 Å². The van der Waals surface area contributed by atoms with Crippen molar-refractivity contribution in [3.05, 3.63) is 0 Å². The van der Waals surface area contributed by atoms with Gasteiger partial charge >= 0.3 is 11.9 Å². The normalized spacial score (nSPS) is 14.0. The van der Waals surface area contributed by atoms with E-state index < -0.39 is 60.8 Å². The van der Waals surface area contributed by atoms with E-state index in [0.717, 1.165) is 0 Å². The molecule has 11 nitrogen and oxygen atoms in total. The van der Waals surface area contributed by atoms with Gasteiger partial charge in [-0.15, -0.1) is 0 Å². The number of nitrogens with two attached hydrogens (primary N) is 1. The molecule has 0 radical (unpaired) electrons. The first-order chi connectivity index (χ1) is 12.4. The molecule has 0 aliphatic carbocycles. The third-order valence-electron chi connectivity index (χ3n) is 3.52. The highest BCUT2D eigenvalue weighted by molar-refractivity contribution is 5.92. The van der Waals surface area contributed by atoms with Gasteiger partial charge in [-0.3, -0.25) is 19.2 Å². The Labute approximate surface area is 157 Å². The van der Waals surface area contributed by atoms with Gasteiger partial charge in [-0.25, -0.2) is 4.79 Å². The minimum Gasteiger partial charge on any atom is -0.481 e. The largest absolute Gasteiger partial charge is 0.481 e. The number of carbonyl (C=O) groups excluding carboxylic acids is 3. The first kappa shape index (κ1) is 24.3. The van der Waals surface area contributed by atoms with Crippen molar-refractivity contribution in [1.82, 2.24) is 16.0 Å².